The van der Waals surface area contributed by atoms with Crippen molar-refractivity contribution in [1.82, 2.24) is 0 Å². The van der Waals surface area contributed by atoms with E-state index in [4.69, 9.17) is 11.6 Å². The third kappa shape index (κ3) is 2.88. The molecule has 0 saturated carbocycles. The number of carbonyl (C=O) groups excluding carboxylic acids is 1. The highest BCUT2D eigenvalue weighted by Crippen LogP contribution is 1.98. The fraction of sp³-hybridized carbons (Fsp3) is 0.667. The first-order chi connectivity index (χ1) is 3.18. The zero-order valence-corrected chi connectivity index (χ0v) is 5.99. The zero-order valence-electron chi connectivity index (χ0n) is 3.65. The largest absolute Gasteiger partial charge is 0.382 e. The molecule has 1 unspecified atom stereocenters. The van der Waals surface area contributed by atoms with Gasteiger partial charge in [-0.15, -0.1) is 11.6 Å². The van der Waals surface area contributed by atoms with Crippen LogP contribution in [-0.4, -0.2) is 11.3 Å². The molecule has 1 atom stereocenters. The molecule has 0 aliphatic heterocycles. The summed E-state index contributed by atoms with van der Waals surface area (Å²) < 4.78 is 4.05. The SMILES string of the molecule is CC(Cl)C(=O)OBr. The van der Waals surface area contributed by atoms with Crippen molar-refractivity contribution in [3.8, 4) is 0 Å². The number of rotatable bonds is 1. The van der Waals surface area contributed by atoms with E-state index in [0.717, 1.165) is 0 Å². The summed E-state index contributed by atoms with van der Waals surface area (Å²) in [6, 6.07) is 0. The van der Waals surface area contributed by atoms with E-state index < -0.39 is 11.3 Å². The molecule has 0 saturated heterocycles. The number of hydrogen-bond acceptors (Lipinski definition) is 2. The van der Waals surface area contributed by atoms with Crippen molar-refractivity contribution < 1.29 is 8.62 Å². The maximum absolute atomic E-state index is 10.1. The molecule has 0 aliphatic carbocycles. The van der Waals surface area contributed by atoms with Gasteiger partial charge >= 0.3 is 5.97 Å². The first kappa shape index (κ1) is 7.24. The molecule has 0 amide bonds. The van der Waals surface area contributed by atoms with Crippen LogP contribution < -0.4 is 0 Å². The van der Waals surface area contributed by atoms with Gasteiger partial charge in [0.05, 0.1) is 0 Å². The molecule has 0 bridgehead atoms. The van der Waals surface area contributed by atoms with Gasteiger partial charge in [-0.1, -0.05) is 0 Å². The second kappa shape index (κ2) is 3.27. The Morgan fingerprint density at radius 2 is 2.43 bits per heavy atom. The Morgan fingerprint density at radius 3 is 2.43 bits per heavy atom. The van der Waals surface area contributed by atoms with Crippen LogP contribution in [0.3, 0.4) is 0 Å². The van der Waals surface area contributed by atoms with Crippen LogP contribution >= 0.6 is 27.9 Å². The van der Waals surface area contributed by atoms with Crippen molar-refractivity contribution in [3.05, 3.63) is 0 Å². The van der Waals surface area contributed by atoms with Crippen LogP contribution in [0.1, 0.15) is 6.92 Å². The van der Waals surface area contributed by atoms with Crippen molar-refractivity contribution >= 4 is 33.8 Å². The van der Waals surface area contributed by atoms with Gasteiger partial charge in [-0.2, -0.15) is 0 Å². The van der Waals surface area contributed by atoms with Crippen LogP contribution in [0.2, 0.25) is 0 Å². The van der Waals surface area contributed by atoms with E-state index in [1.54, 1.807) is 0 Å². The molecule has 2 nitrogen and oxygen atoms in total. The molecule has 0 radical (unpaired) electrons. The zero-order chi connectivity index (χ0) is 5.86. The number of halogens is 2. The minimum absolute atomic E-state index is 0.471. The van der Waals surface area contributed by atoms with Crippen LogP contribution in [-0.2, 0) is 8.62 Å². The van der Waals surface area contributed by atoms with E-state index in [1.807, 2.05) is 0 Å². The fourth-order valence-corrected chi connectivity index (χ4v) is 0.494. The van der Waals surface area contributed by atoms with Crippen molar-refractivity contribution in [2.75, 3.05) is 0 Å². The molecule has 0 heterocycles. The van der Waals surface area contributed by atoms with E-state index in [1.165, 1.54) is 6.92 Å². The second-order valence-corrected chi connectivity index (χ2v) is 1.99. The van der Waals surface area contributed by atoms with Gasteiger partial charge in [0.15, 0.2) is 16.3 Å². The van der Waals surface area contributed by atoms with Crippen LogP contribution in [0.5, 0.6) is 0 Å². The predicted octanol–water partition coefficient (Wildman–Crippen LogP) is 1.47. The topological polar surface area (TPSA) is 26.3 Å². The summed E-state index contributed by atoms with van der Waals surface area (Å²) >= 11 is 7.71. The minimum Gasteiger partial charge on any atom is -0.382 e. The first-order valence-corrected chi connectivity index (χ1v) is 2.73. The normalized spacial score (nSPS) is 13.0. The maximum Gasteiger partial charge on any atom is 0.335 e. The molecule has 0 aliphatic rings. The molecule has 7 heavy (non-hydrogen) atoms. The Hall–Kier alpha value is 0.240. The van der Waals surface area contributed by atoms with Crippen LogP contribution in [0.4, 0.5) is 0 Å². The van der Waals surface area contributed by atoms with Gasteiger partial charge in [-0.3, -0.25) is 0 Å². The second-order valence-electron chi connectivity index (χ2n) is 1.01. The van der Waals surface area contributed by atoms with Crippen LogP contribution in [0.15, 0.2) is 0 Å². The predicted molar refractivity (Wildman–Crippen MR) is 30.3 cm³/mol. The molecule has 42 valence electrons. The lowest BCUT2D eigenvalue weighted by Crippen LogP contribution is -2.08. The highest BCUT2D eigenvalue weighted by molar-refractivity contribution is 9.06. The van der Waals surface area contributed by atoms with E-state index >= 15 is 0 Å². The number of hydrogen-bond donors (Lipinski definition) is 0. The van der Waals surface area contributed by atoms with Gasteiger partial charge in [0.25, 0.3) is 0 Å². The average molecular weight is 187 g/mol. The average Bonchev–Trinajstić information content (AvgIpc) is 1.65. The van der Waals surface area contributed by atoms with Gasteiger partial charge in [-0.25, -0.2) is 4.79 Å². The summed E-state index contributed by atoms with van der Waals surface area (Å²) in [6.07, 6.45) is 0. The molecule has 0 aromatic carbocycles. The number of carbonyl (C=O) groups is 1. The summed E-state index contributed by atoms with van der Waals surface area (Å²) in [5.41, 5.74) is 0. The third-order valence-corrected chi connectivity index (χ3v) is 0.898. The van der Waals surface area contributed by atoms with Crippen molar-refractivity contribution in [2.45, 2.75) is 12.3 Å². The molecule has 0 aromatic rings. The van der Waals surface area contributed by atoms with E-state index in [0.29, 0.717) is 0 Å². The Kier molecular flexibility index (Phi) is 3.38. The first-order valence-electron chi connectivity index (χ1n) is 1.65. The lowest BCUT2D eigenvalue weighted by molar-refractivity contribution is -0.131. The van der Waals surface area contributed by atoms with E-state index in [2.05, 4.69) is 20.1 Å². The molecule has 0 rings (SSSR count). The van der Waals surface area contributed by atoms with Crippen molar-refractivity contribution in [1.29, 1.82) is 0 Å². The smallest absolute Gasteiger partial charge is 0.335 e. The molecule has 0 spiro atoms. The Labute approximate surface area is 55.2 Å². The molecule has 0 N–H and O–H groups in total. The fourth-order valence-electron chi connectivity index (χ4n) is 0.0614. The summed E-state index contributed by atoms with van der Waals surface area (Å²) in [7, 11) is 0. The highest BCUT2D eigenvalue weighted by atomic mass is 79.9. The van der Waals surface area contributed by atoms with Crippen LogP contribution in [0.25, 0.3) is 0 Å². The molecule has 4 heteroatoms. The summed E-state index contributed by atoms with van der Waals surface area (Å²) in [5, 5.41) is -0.570. The molecular formula is C3H4BrClO2. The summed E-state index contributed by atoms with van der Waals surface area (Å²) in [4.78, 5) is 10.1. The van der Waals surface area contributed by atoms with Gasteiger partial charge in [0, 0.05) is 0 Å². The van der Waals surface area contributed by atoms with Gasteiger partial charge in [0.1, 0.15) is 5.38 Å². The minimum atomic E-state index is -0.570. The van der Waals surface area contributed by atoms with Gasteiger partial charge in [0.2, 0.25) is 0 Å². The summed E-state index contributed by atoms with van der Waals surface area (Å²) in [5.74, 6) is -0.471. The number of alkyl halides is 1. The standard InChI is InChI=1S/C3H4BrClO2/c1-2(5)3(6)7-4/h2H,1H3. The summed E-state index contributed by atoms with van der Waals surface area (Å²) in [6.45, 7) is 1.53. The van der Waals surface area contributed by atoms with Crippen LogP contribution in [0, 0.1) is 0 Å². The Bertz CT molecular complexity index is 73.3. The molecule has 0 aromatic heterocycles. The van der Waals surface area contributed by atoms with Gasteiger partial charge < -0.3 is 3.83 Å². The highest BCUT2D eigenvalue weighted by Gasteiger charge is 2.07. The van der Waals surface area contributed by atoms with Gasteiger partial charge in [-0.05, 0) is 6.92 Å². The molecular weight excluding hydrogens is 183 g/mol. The van der Waals surface area contributed by atoms with E-state index in [-0.39, 0.29) is 0 Å². The Balaban J connectivity index is 3.35. The monoisotopic (exact) mass is 186 g/mol. The van der Waals surface area contributed by atoms with Crippen molar-refractivity contribution in [3.63, 3.8) is 0 Å². The third-order valence-electron chi connectivity index (χ3n) is 0.401. The quantitative estimate of drug-likeness (QED) is 0.581. The lowest BCUT2D eigenvalue weighted by atomic mass is 10.5. The van der Waals surface area contributed by atoms with E-state index in [9.17, 15) is 4.79 Å². The Morgan fingerprint density at radius 1 is 2.00 bits per heavy atom. The van der Waals surface area contributed by atoms with Crippen molar-refractivity contribution in [2.24, 2.45) is 0 Å². The lowest BCUT2D eigenvalue weighted by Gasteiger charge is -1.92. The molecule has 0 fully saturated rings. The maximum atomic E-state index is 10.1.